The highest BCUT2D eigenvalue weighted by atomic mass is 19.4. The first-order valence-corrected chi connectivity index (χ1v) is 9.76. The van der Waals surface area contributed by atoms with Gasteiger partial charge in [0.2, 0.25) is 5.91 Å². The van der Waals surface area contributed by atoms with Gasteiger partial charge in [-0.25, -0.2) is 0 Å². The lowest BCUT2D eigenvalue weighted by Crippen LogP contribution is -2.49. The van der Waals surface area contributed by atoms with E-state index in [0.717, 1.165) is 12.1 Å². The largest absolute Gasteiger partial charge is 0.416 e. The third-order valence-electron chi connectivity index (χ3n) is 5.10. The van der Waals surface area contributed by atoms with Crippen molar-refractivity contribution >= 4 is 17.5 Å². The number of carbonyl (C=O) groups excluding carboxylic acids is 2. The maximum atomic E-state index is 12.7. The molecule has 0 saturated carbocycles. The molecule has 1 aliphatic rings. The van der Waals surface area contributed by atoms with Crippen molar-refractivity contribution in [3.8, 4) is 6.07 Å². The van der Waals surface area contributed by atoms with Gasteiger partial charge >= 0.3 is 6.18 Å². The summed E-state index contributed by atoms with van der Waals surface area (Å²) >= 11 is 0. The molecular formula is C22H21F3N4O2. The van der Waals surface area contributed by atoms with E-state index in [2.05, 4.69) is 5.32 Å². The molecule has 1 aliphatic heterocycles. The molecule has 1 fully saturated rings. The number of carbonyl (C=O) groups is 2. The van der Waals surface area contributed by atoms with Crippen molar-refractivity contribution in [3.05, 3.63) is 65.2 Å². The Bertz CT molecular complexity index is 975. The smallest absolute Gasteiger partial charge is 0.336 e. The third-order valence-corrected chi connectivity index (χ3v) is 5.10. The molecule has 1 heterocycles. The number of halogens is 3. The van der Waals surface area contributed by atoms with E-state index in [-0.39, 0.29) is 23.8 Å². The Morgan fingerprint density at radius 1 is 1.00 bits per heavy atom. The van der Waals surface area contributed by atoms with E-state index < -0.39 is 11.7 Å². The molecule has 0 unspecified atom stereocenters. The predicted molar refractivity (Wildman–Crippen MR) is 108 cm³/mol. The van der Waals surface area contributed by atoms with Crippen LogP contribution >= 0.6 is 0 Å². The van der Waals surface area contributed by atoms with Crippen molar-refractivity contribution in [2.24, 2.45) is 0 Å². The van der Waals surface area contributed by atoms with Gasteiger partial charge in [-0.2, -0.15) is 18.4 Å². The molecule has 6 nitrogen and oxygen atoms in total. The molecule has 31 heavy (non-hydrogen) atoms. The molecule has 1 saturated heterocycles. The number of para-hydroxylation sites is 1. The number of piperazine rings is 1. The Hall–Kier alpha value is -3.38. The molecule has 0 aromatic heterocycles. The summed E-state index contributed by atoms with van der Waals surface area (Å²) in [5.74, 6) is -0.509. The van der Waals surface area contributed by atoms with Crippen molar-refractivity contribution in [3.63, 3.8) is 0 Å². The summed E-state index contributed by atoms with van der Waals surface area (Å²) in [6.07, 6.45) is -4.19. The molecule has 2 aromatic carbocycles. The van der Waals surface area contributed by atoms with E-state index >= 15 is 0 Å². The number of rotatable bonds is 5. The second-order valence-corrected chi connectivity index (χ2v) is 7.16. The Morgan fingerprint density at radius 2 is 1.65 bits per heavy atom. The zero-order valence-electron chi connectivity index (χ0n) is 16.7. The predicted octanol–water partition coefficient (Wildman–Crippen LogP) is 3.36. The lowest BCUT2D eigenvalue weighted by atomic mass is 10.1. The van der Waals surface area contributed by atoms with Crippen LogP contribution < -0.4 is 5.32 Å². The Labute approximate surface area is 177 Å². The lowest BCUT2D eigenvalue weighted by molar-refractivity contribution is -0.137. The molecule has 0 atom stereocenters. The normalized spacial score (nSPS) is 14.7. The number of benzene rings is 2. The molecule has 0 spiro atoms. The minimum absolute atomic E-state index is 0.203. The van der Waals surface area contributed by atoms with E-state index in [4.69, 9.17) is 5.26 Å². The first-order chi connectivity index (χ1) is 14.8. The maximum absolute atomic E-state index is 12.7. The van der Waals surface area contributed by atoms with Gasteiger partial charge < -0.3 is 10.2 Å². The topological polar surface area (TPSA) is 76.4 Å². The summed E-state index contributed by atoms with van der Waals surface area (Å²) in [5, 5.41) is 11.8. The summed E-state index contributed by atoms with van der Waals surface area (Å²) in [7, 11) is 0. The van der Waals surface area contributed by atoms with Crippen LogP contribution in [0.3, 0.4) is 0 Å². The van der Waals surface area contributed by atoms with Crippen molar-refractivity contribution in [1.29, 1.82) is 5.26 Å². The van der Waals surface area contributed by atoms with E-state index in [9.17, 15) is 22.8 Å². The van der Waals surface area contributed by atoms with Crippen LogP contribution in [-0.2, 0) is 11.0 Å². The molecular weight excluding hydrogens is 409 g/mol. The molecule has 2 amide bonds. The Morgan fingerprint density at radius 3 is 2.26 bits per heavy atom. The van der Waals surface area contributed by atoms with Crippen molar-refractivity contribution < 1.29 is 22.8 Å². The van der Waals surface area contributed by atoms with Crippen LogP contribution in [0.4, 0.5) is 18.9 Å². The fraction of sp³-hybridized carbons (Fsp3) is 0.318. The average Bonchev–Trinajstić information content (AvgIpc) is 2.77. The number of nitriles is 1. The number of anilines is 1. The first-order valence-electron chi connectivity index (χ1n) is 9.76. The maximum Gasteiger partial charge on any atom is 0.416 e. The highest BCUT2D eigenvalue weighted by molar-refractivity contribution is 5.94. The quantitative estimate of drug-likeness (QED) is 0.789. The SMILES string of the molecule is N#Cc1ccccc1NC(=O)CCN1CCN(C(=O)c2ccc(C(F)(F)F)cc2)CC1. The second kappa shape index (κ2) is 9.62. The number of hydrogen-bond donors (Lipinski definition) is 1. The average molecular weight is 430 g/mol. The minimum Gasteiger partial charge on any atom is -0.336 e. The van der Waals surface area contributed by atoms with Gasteiger partial charge in [0.25, 0.3) is 5.91 Å². The van der Waals surface area contributed by atoms with Gasteiger partial charge in [-0.05, 0) is 36.4 Å². The lowest BCUT2D eigenvalue weighted by Gasteiger charge is -2.34. The van der Waals surface area contributed by atoms with Gasteiger partial charge in [0.15, 0.2) is 0 Å². The summed E-state index contributed by atoms with van der Waals surface area (Å²) < 4.78 is 38.0. The molecule has 3 rings (SSSR count). The van der Waals surface area contributed by atoms with E-state index in [0.29, 0.717) is 44.0 Å². The fourth-order valence-corrected chi connectivity index (χ4v) is 3.32. The zero-order chi connectivity index (χ0) is 22.4. The molecule has 0 bridgehead atoms. The highest BCUT2D eigenvalue weighted by Gasteiger charge is 2.30. The summed E-state index contributed by atoms with van der Waals surface area (Å²) in [6.45, 7) is 2.49. The number of hydrogen-bond acceptors (Lipinski definition) is 4. The highest BCUT2D eigenvalue weighted by Crippen LogP contribution is 2.29. The van der Waals surface area contributed by atoms with Gasteiger partial charge in [-0.15, -0.1) is 0 Å². The second-order valence-electron chi connectivity index (χ2n) is 7.16. The van der Waals surface area contributed by atoms with Crippen LogP contribution in [-0.4, -0.2) is 54.3 Å². The van der Waals surface area contributed by atoms with Crippen molar-refractivity contribution in [2.75, 3.05) is 38.0 Å². The van der Waals surface area contributed by atoms with Crippen molar-refractivity contribution in [1.82, 2.24) is 9.80 Å². The molecule has 0 radical (unpaired) electrons. The molecule has 162 valence electrons. The summed E-state index contributed by atoms with van der Waals surface area (Å²) in [5.41, 5.74) is 0.301. The summed E-state index contributed by atoms with van der Waals surface area (Å²) in [4.78, 5) is 28.4. The van der Waals surface area contributed by atoms with Crippen LogP contribution in [0, 0.1) is 11.3 Å². The van der Waals surface area contributed by atoms with Gasteiger partial charge in [-0.3, -0.25) is 14.5 Å². The molecule has 9 heteroatoms. The Balaban J connectivity index is 1.45. The molecule has 0 aliphatic carbocycles. The van der Waals surface area contributed by atoms with Gasteiger partial charge in [0, 0.05) is 44.7 Å². The van der Waals surface area contributed by atoms with Crippen LogP contribution in [0.25, 0.3) is 0 Å². The van der Waals surface area contributed by atoms with Gasteiger partial charge in [0.05, 0.1) is 16.8 Å². The van der Waals surface area contributed by atoms with Crippen LogP contribution in [0.2, 0.25) is 0 Å². The van der Waals surface area contributed by atoms with Crippen LogP contribution in [0.5, 0.6) is 0 Å². The number of alkyl halides is 3. The van der Waals surface area contributed by atoms with E-state index in [1.165, 1.54) is 12.1 Å². The molecule has 2 aromatic rings. The monoisotopic (exact) mass is 430 g/mol. The van der Waals surface area contributed by atoms with Crippen LogP contribution in [0.15, 0.2) is 48.5 Å². The zero-order valence-corrected chi connectivity index (χ0v) is 16.7. The molecule has 1 N–H and O–H groups in total. The van der Waals surface area contributed by atoms with Gasteiger partial charge in [-0.1, -0.05) is 12.1 Å². The van der Waals surface area contributed by atoms with Gasteiger partial charge in [0.1, 0.15) is 6.07 Å². The van der Waals surface area contributed by atoms with Crippen LogP contribution in [0.1, 0.15) is 27.9 Å². The fourth-order valence-electron chi connectivity index (χ4n) is 3.32. The van der Waals surface area contributed by atoms with E-state index in [1.807, 2.05) is 11.0 Å². The summed E-state index contributed by atoms with van der Waals surface area (Å²) in [6, 6.07) is 13.0. The Kier molecular flexibility index (Phi) is 6.92. The number of nitrogens with zero attached hydrogens (tertiary/aromatic N) is 3. The minimum atomic E-state index is -4.43. The number of nitrogens with one attached hydrogen (secondary N) is 1. The standard InChI is InChI=1S/C22H21F3N4O2/c23-22(24,25)18-7-5-16(6-8-18)21(31)29-13-11-28(12-14-29)10-9-20(30)27-19-4-2-1-3-17(19)15-26/h1-8H,9-14H2,(H,27,30). The van der Waals surface area contributed by atoms with Crippen molar-refractivity contribution in [2.45, 2.75) is 12.6 Å². The number of amides is 2. The van der Waals surface area contributed by atoms with E-state index in [1.54, 1.807) is 29.2 Å². The first kappa shape index (κ1) is 22.3. The third kappa shape index (κ3) is 5.83.